The molecule has 3 rings (SSSR count). The Kier molecular flexibility index (Phi) is 3.49. The summed E-state index contributed by atoms with van der Waals surface area (Å²) < 4.78 is 0. The van der Waals surface area contributed by atoms with Crippen LogP contribution in [0, 0.1) is 0 Å². The molecule has 5 N–H and O–H groups in total. The van der Waals surface area contributed by atoms with E-state index in [1.54, 1.807) is 0 Å². The average molecular weight is 333 g/mol. The number of nitrogens with one attached hydrogen (secondary N) is 1. The fourth-order valence-electron chi connectivity index (χ4n) is 2.65. The molecule has 2 amide bonds. The summed E-state index contributed by atoms with van der Waals surface area (Å²) in [6, 6.07) is 7.79. The fourth-order valence-corrected chi connectivity index (χ4v) is 5.89. The molecule has 0 aromatic heterocycles. The highest BCUT2D eigenvalue weighted by molar-refractivity contribution is 8.80. The molecule has 0 saturated heterocycles. The number of benzene rings is 1. The number of rotatable bonds is 2. The maximum atomic E-state index is 11.7. The molecular weight excluding hydrogens is 318 g/mol. The van der Waals surface area contributed by atoms with Crippen LogP contribution in [0.15, 0.2) is 39.6 Å². The first-order valence-corrected chi connectivity index (χ1v) is 8.79. The Morgan fingerprint density at radius 2 is 1.73 bits per heavy atom. The van der Waals surface area contributed by atoms with E-state index in [4.69, 9.17) is 11.5 Å². The Balaban J connectivity index is 2.32. The van der Waals surface area contributed by atoms with E-state index < -0.39 is 11.8 Å². The molecule has 7 heteroatoms. The summed E-state index contributed by atoms with van der Waals surface area (Å²) in [4.78, 5) is 25.0. The van der Waals surface area contributed by atoms with Gasteiger partial charge in [0, 0.05) is 26.6 Å². The van der Waals surface area contributed by atoms with Crippen LogP contribution in [0.4, 0.5) is 5.69 Å². The van der Waals surface area contributed by atoms with E-state index in [0.717, 1.165) is 21.7 Å². The van der Waals surface area contributed by atoms with Gasteiger partial charge in [0.2, 0.25) is 0 Å². The van der Waals surface area contributed by atoms with Crippen LogP contribution in [0.5, 0.6) is 0 Å². The molecule has 0 bridgehead atoms. The fraction of sp³-hybridized carbons (Fsp3) is 0.200. The number of primary amides is 2. The van der Waals surface area contributed by atoms with E-state index in [-0.39, 0.29) is 11.1 Å². The van der Waals surface area contributed by atoms with Crippen molar-refractivity contribution in [3.63, 3.8) is 0 Å². The number of fused-ring (bicyclic) bond motifs is 2. The van der Waals surface area contributed by atoms with Crippen LogP contribution in [0.3, 0.4) is 0 Å². The van der Waals surface area contributed by atoms with Crippen LogP contribution in [-0.4, -0.2) is 17.4 Å². The van der Waals surface area contributed by atoms with E-state index in [1.807, 2.05) is 24.3 Å². The van der Waals surface area contributed by atoms with Crippen molar-refractivity contribution < 1.29 is 9.59 Å². The van der Waals surface area contributed by atoms with Gasteiger partial charge in [-0.3, -0.25) is 9.59 Å². The first-order valence-electron chi connectivity index (χ1n) is 6.64. The van der Waals surface area contributed by atoms with Gasteiger partial charge < -0.3 is 16.8 Å². The Morgan fingerprint density at radius 1 is 1.09 bits per heavy atom. The lowest BCUT2D eigenvalue weighted by molar-refractivity contribution is -0.120. The SMILES string of the molecule is CC1(C)Nc2ccccc2C2=C1SSC2=C(C(N)=O)C(N)=O. The Hall–Kier alpha value is -1.86. The summed E-state index contributed by atoms with van der Waals surface area (Å²) in [7, 11) is 2.89. The largest absolute Gasteiger partial charge is 0.375 e. The first kappa shape index (κ1) is 15.1. The van der Waals surface area contributed by atoms with Crippen molar-refractivity contribution in [1.82, 2.24) is 0 Å². The van der Waals surface area contributed by atoms with E-state index in [0.29, 0.717) is 4.91 Å². The maximum Gasteiger partial charge on any atom is 0.255 e. The number of carbonyl (C=O) groups is 2. The van der Waals surface area contributed by atoms with Crippen molar-refractivity contribution in [3.8, 4) is 0 Å². The van der Waals surface area contributed by atoms with Crippen molar-refractivity contribution >= 4 is 44.7 Å². The molecule has 0 saturated carbocycles. The lowest BCUT2D eigenvalue weighted by atomic mass is 9.88. The molecule has 22 heavy (non-hydrogen) atoms. The molecule has 0 aliphatic carbocycles. The number of hydrogen-bond acceptors (Lipinski definition) is 5. The predicted octanol–water partition coefficient (Wildman–Crippen LogP) is 2.22. The topological polar surface area (TPSA) is 98.2 Å². The molecule has 1 aromatic rings. The highest BCUT2D eigenvalue weighted by Gasteiger charge is 2.40. The standard InChI is InChI=1S/C15H15N3O2S2/c1-15(2)12-9(7-5-3-4-6-8(7)18-15)11(21-22-12)10(13(16)19)14(17)20/h3-6,18H,1-2H3,(H2,16,19)(H2,17,20). The molecule has 0 radical (unpaired) electrons. The van der Waals surface area contributed by atoms with Crippen LogP contribution in [0.2, 0.25) is 0 Å². The monoisotopic (exact) mass is 333 g/mol. The van der Waals surface area contributed by atoms with Crippen molar-refractivity contribution in [2.45, 2.75) is 19.4 Å². The number of anilines is 1. The summed E-state index contributed by atoms with van der Waals surface area (Å²) in [5.74, 6) is -1.59. The molecule has 2 aliphatic heterocycles. The highest BCUT2D eigenvalue weighted by Crippen LogP contribution is 2.60. The second kappa shape index (κ2) is 5.10. The lowest BCUT2D eigenvalue weighted by Gasteiger charge is -2.34. The normalized spacial score (nSPS) is 18.4. The molecule has 5 nitrogen and oxygen atoms in total. The number of allylic oxidation sites excluding steroid dienone is 1. The molecule has 0 spiro atoms. The van der Waals surface area contributed by atoms with Crippen LogP contribution in [0.25, 0.3) is 5.57 Å². The van der Waals surface area contributed by atoms with Crippen molar-refractivity contribution in [2.75, 3.05) is 5.32 Å². The number of nitrogens with two attached hydrogens (primary N) is 2. The smallest absolute Gasteiger partial charge is 0.255 e. The zero-order valence-corrected chi connectivity index (χ0v) is 13.7. The first-order chi connectivity index (χ1) is 10.3. The zero-order valence-electron chi connectivity index (χ0n) is 12.1. The highest BCUT2D eigenvalue weighted by atomic mass is 33.1. The molecule has 0 unspecified atom stereocenters. The third-order valence-electron chi connectivity index (χ3n) is 3.59. The number of carbonyl (C=O) groups excluding carboxylic acids is 2. The van der Waals surface area contributed by atoms with Crippen molar-refractivity contribution in [2.24, 2.45) is 11.5 Å². The minimum Gasteiger partial charge on any atom is -0.375 e. The van der Waals surface area contributed by atoms with Gasteiger partial charge in [-0.05, 0) is 19.9 Å². The van der Waals surface area contributed by atoms with Crippen LogP contribution >= 0.6 is 21.6 Å². The van der Waals surface area contributed by atoms with Crippen molar-refractivity contribution in [1.29, 1.82) is 0 Å². The minimum absolute atomic E-state index is 0.130. The van der Waals surface area contributed by atoms with Gasteiger partial charge in [-0.2, -0.15) is 0 Å². The number of amides is 2. The van der Waals surface area contributed by atoms with Crippen LogP contribution in [-0.2, 0) is 9.59 Å². The second-order valence-corrected chi connectivity index (χ2v) is 7.75. The molecule has 2 heterocycles. The summed E-state index contributed by atoms with van der Waals surface area (Å²) in [6.45, 7) is 4.12. The van der Waals surface area contributed by atoms with Crippen molar-refractivity contribution in [3.05, 3.63) is 45.2 Å². The van der Waals surface area contributed by atoms with Gasteiger partial charge in [0.05, 0.1) is 5.54 Å². The summed E-state index contributed by atoms with van der Waals surface area (Å²) >= 11 is 0. The zero-order chi connectivity index (χ0) is 16.1. The van der Waals surface area contributed by atoms with Gasteiger partial charge in [-0.15, -0.1) is 0 Å². The summed E-state index contributed by atoms with van der Waals surface area (Å²) in [5, 5.41) is 3.48. The van der Waals surface area contributed by atoms with Gasteiger partial charge in [0.15, 0.2) is 0 Å². The van der Waals surface area contributed by atoms with Crippen LogP contribution in [0.1, 0.15) is 19.4 Å². The van der Waals surface area contributed by atoms with E-state index >= 15 is 0 Å². The quantitative estimate of drug-likeness (QED) is 0.334. The maximum absolute atomic E-state index is 11.7. The molecule has 114 valence electrons. The minimum atomic E-state index is -0.793. The Bertz CT molecular complexity index is 750. The van der Waals surface area contributed by atoms with E-state index in [1.165, 1.54) is 21.6 Å². The van der Waals surface area contributed by atoms with Gasteiger partial charge in [-0.25, -0.2) is 0 Å². The summed E-state index contributed by atoms with van der Waals surface area (Å²) in [5.41, 5.74) is 13.1. The van der Waals surface area contributed by atoms with Gasteiger partial charge in [0.1, 0.15) is 5.57 Å². The van der Waals surface area contributed by atoms with Gasteiger partial charge >= 0.3 is 0 Å². The summed E-state index contributed by atoms with van der Waals surface area (Å²) in [6.07, 6.45) is 0. The molecule has 0 fully saturated rings. The second-order valence-electron chi connectivity index (χ2n) is 5.60. The molecule has 2 aliphatic rings. The Labute approximate surface area is 136 Å². The molecule has 1 aromatic carbocycles. The molecule has 0 atom stereocenters. The van der Waals surface area contributed by atoms with Gasteiger partial charge in [-0.1, -0.05) is 39.8 Å². The number of hydrogen-bond donors (Lipinski definition) is 3. The van der Waals surface area contributed by atoms with E-state index in [9.17, 15) is 9.59 Å². The molecular formula is C15H15N3O2S2. The van der Waals surface area contributed by atoms with Crippen LogP contribution < -0.4 is 16.8 Å². The van der Waals surface area contributed by atoms with E-state index in [2.05, 4.69) is 19.2 Å². The predicted molar refractivity (Wildman–Crippen MR) is 91.7 cm³/mol. The average Bonchev–Trinajstić information content (AvgIpc) is 2.83. The van der Waals surface area contributed by atoms with Gasteiger partial charge in [0.25, 0.3) is 11.8 Å². The Morgan fingerprint density at radius 3 is 2.36 bits per heavy atom. The number of para-hydroxylation sites is 1. The third kappa shape index (κ3) is 2.21. The third-order valence-corrected chi connectivity index (χ3v) is 6.38. The lowest BCUT2D eigenvalue weighted by Crippen LogP contribution is -2.35.